The zero-order valence-corrected chi connectivity index (χ0v) is 18.1. The quantitative estimate of drug-likeness (QED) is 0.534. The minimum Gasteiger partial charge on any atom is -0.481 e. The van der Waals surface area contributed by atoms with E-state index in [1.54, 1.807) is 31.2 Å². The average molecular weight is 417 g/mol. The number of ether oxygens (including phenoxy) is 1. The van der Waals surface area contributed by atoms with Crippen molar-refractivity contribution in [3.63, 3.8) is 0 Å². The molecule has 2 N–H and O–H groups in total. The van der Waals surface area contributed by atoms with Crippen molar-refractivity contribution in [1.82, 2.24) is 5.32 Å². The number of anilines is 1. The van der Waals surface area contributed by atoms with E-state index >= 15 is 0 Å². The van der Waals surface area contributed by atoms with E-state index in [-0.39, 0.29) is 17.9 Å². The predicted octanol–water partition coefficient (Wildman–Crippen LogP) is 5.15. The fraction of sp³-hybridized carbons (Fsp3) is 0.231. The lowest BCUT2D eigenvalue weighted by Crippen LogP contribution is -2.32. The number of rotatable bonds is 8. The second-order valence-electron chi connectivity index (χ2n) is 7.36. The summed E-state index contributed by atoms with van der Waals surface area (Å²) < 4.78 is 5.88. The van der Waals surface area contributed by atoms with Gasteiger partial charge in [0, 0.05) is 0 Å². The number of hydrogen-bond acceptors (Lipinski definition) is 3. The van der Waals surface area contributed by atoms with E-state index in [0.29, 0.717) is 17.0 Å². The molecule has 3 aromatic rings. The molecule has 0 saturated heterocycles. The summed E-state index contributed by atoms with van der Waals surface area (Å²) in [5, 5.41) is 5.83. The monoisotopic (exact) mass is 416 g/mol. The highest BCUT2D eigenvalue weighted by molar-refractivity contribution is 6.04. The number of para-hydroxylation sites is 2. The van der Waals surface area contributed by atoms with Crippen molar-refractivity contribution in [3.8, 4) is 5.75 Å². The molecule has 0 aliphatic rings. The van der Waals surface area contributed by atoms with E-state index in [0.717, 1.165) is 17.5 Å². The Labute approximate surface area is 183 Å². The topological polar surface area (TPSA) is 67.4 Å². The Morgan fingerprint density at radius 2 is 1.52 bits per heavy atom. The SMILES string of the molecule is CCc1ccccc1O[C@@H](C)C(=O)Nc1ccccc1C(=O)N[C@@H](C)c1ccccc1. The molecular weight excluding hydrogens is 388 g/mol. The fourth-order valence-corrected chi connectivity index (χ4v) is 3.28. The molecule has 3 rings (SSSR count). The molecule has 0 fully saturated rings. The van der Waals surface area contributed by atoms with Crippen LogP contribution in [0.25, 0.3) is 0 Å². The standard InChI is InChI=1S/C26H28N2O3/c1-4-20-12-8-11-17-24(20)31-19(3)25(29)28-23-16-10-9-15-22(23)26(30)27-18(2)21-13-6-5-7-14-21/h5-19H,4H2,1-3H3,(H,27,30)(H,28,29)/t18-,19-/m0/s1. The normalized spacial score (nSPS) is 12.5. The maximum atomic E-state index is 12.9. The van der Waals surface area contributed by atoms with Gasteiger partial charge in [0.15, 0.2) is 6.10 Å². The molecule has 0 aliphatic carbocycles. The minimum atomic E-state index is -0.716. The Morgan fingerprint density at radius 3 is 2.26 bits per heavy atom. The van der Waals surface area contributed by atoms with Gasteiger partial charge in [-0.3, -0.25) is 9.59 Å². The molecule has 0 spiro atoms. The van der Waals surface area contributed by atoms with Crippen molar-refractivity contribution in [2.24, 2.45) is 0 Å². The molecular formula is C26H28N2O3. The number of carbonyl (C=O) groups excluding carboxylic acids is 2. The maximum absolute atomic E-state index is 12.9. The summed E-state index contributed by atoms with van der Waals surface area (Å²) in [5.74, 6) is 0.120. The van der Waals surface area contributed by atoms with Crippen molar-refractivity contribution in [2.45, 2.75) is 39.3 Å². The number of benzene rings is 3. The molecule has 31 heavy (non-hydrogen) atoms. The summed E-state index contributed by atoms with van der Waals surface area (Å²) in [4.78, 5) is 25.6. The van der Waals surface area contributed by atoms with Gasteiger partial charge in [0.1, 0.15) is 5.75 Å². The van der Waals surface area contributed by atoms with Crippen LogP contribution < -0.4 is 15.4 Å². The molecule has 0 unspecified atom stereocenters. The molecule has 3 aromatic carbocycles. The molecule has 0 aromatic heterocycles. The number of nitrogens with one attached hydrogen (secondary N) is 2. The largest absolute Gasteiger partial charge is 0.481 e. The van der Waals surface area contributed by atoms with Gasteiger partial charge < -0.3 is 15.4 Å². The lowest BCUT2D eigenvalue weighted by molar-refractivity contribution is -0.122. The van der Waals surface area contributed by atoms with Crippen molar-refractivity contribution < 1.29 is 14.3 Å². The van der Waals surface area contributed by atoms with Gasteiger partial charge in [-0.15, -0.1) is 0 Å². The summed E-state index contributed by atoms with van der Waals surface area (Å²) >= 11 is 0. The van der Waals surface area contributed by atoms with Gasteiger partial charge in [0.25, 0.3) is 11.8 Å². The summed E-state index contributed by atoms with van der Waals surface area (Å²) in [6.45, 7) is 5.66. The van der Waals surface area contributed by atoms with Crippen LogP contribution in [0.15, 0.2) is 78.9 Å². The third-order valence-corrected chi connectivity index (χ3v) is 5.10. The molecule has 0 heterocycles. The number of carbonyl (C=O) groups is 2. The van der Waals surface area contributed by atoms with E-state index in [9.17, 15) is 9.59 Å². The smallest absolute Gasteiger partial charge is 0.265 e. The third-order valence-electron chi connectivity index (χ3n) is 5.10. The molecule has 5 nitrogen and oxygen atoms in total. The first-order chi connectivity index (χ1) is 15.0. The maximum Gasteiger partial charge on any atom is 0.265 e. The van der Waals surface area contributed by atoms with Crippen LogP contribution in [-0.4, -0.2) is 17.9 Å². The Morgan fingerprint density at radius 1 is 0.871 bits per heavy atom. The Kier molecular flexibility index (Phi) is 7.44. The predicted molar refractivity (Wildman–Crippen MR) is 123 cm³/mol. The molecule has 0 aliphatic heterocycles. The second-order valence-corrected chi connectivity index (χ2v) is 7.36. The van der Waals surface area contributed by atoms with Gasteiger partial charge in [-0.25, -0.2) is 0 Å². The molecule has 2 amide bonds. The van der Waals surface area contributed by atoms with Gasteiger partial charge in [-0.2, -0.15) is 0 Å². The highest BCUT2D eigenvalue weighted by atomic mass is 16.5. The van der Waals surface area contributed by atoms with Crippen molar-refractivity contribution in [2.75, 3.05) is 5.32 Å². The Bertz CT molecular complexity index is 1030. The number of amides is 2. The first-order valence-corrected chi connectivity index (χ1v) is 10.5. The summed E-state index contributed by atoms with van der Waals surface area (Å²) in [5.41, 5.74) is 2.90. The van der Waals surface area contributed by atoms with E-state index in [2.05, 4.69) is 10.6 Å². The van der Waals surface area contributed by atoms with Gasteiger partial charge >= 0.3 is 0 Å². The van der Waals surface area contributed by atoms with Crippen molar-refractivity contribution in [1.29, 1.82) is 0 Å². The number of aryl methyl sites for hydroxylation is 1. The van der Waals surface area contributed by atoms with Crippen LogP contribution in [0.1, 0.15) is 48.3 Å². The number of hydrogen-bond donors (Lipinski definition) is 2. The van der Waals surface area contributed by atoms with E-state index in [1.165, 1.54) is 0 Å². The van der Waals surface area contributed by atoms with Gasteiger partial charge in [0.05, 0.1) is 17.3 Å². The molecule has 0 saturated carbocycles. The average Bonchev–Trinajstić information content (AvgIpc) is 2.80. The second kappa shape index (κ2) is 10.4. The Balaban J connectivity index is 1.69. The van der Waals surface area contributed by atoms with Gasteiger partial charge in [-0.1, -0.05) is 67.6 Å². The van der Waals surface area contributed by atoms with Gasteiger partial charge in [0.2, 0.25) is 0 Å². The Hall–Kier alpha value is -3.60. The fourth-order valence-electron chi connectivity index (χ4n) is 3.28. The lowest BCUT2D eigenvalue weighted by Gasteiger charge is -2.19. The first-order valence-electron chi connectivity index (χ1n) is 10.5. The van der Waals surface area contributed by atoms with Crippen LogP contribution in [0.5, 0.6) is 5.75 Å². The van der Waals surface area contributed by atoms with Crippen LogP contribution in [0.3, 0.4) is 0 Å². The summed E-state index contributed by atoms with van der Waals surface area (Å²) in [6, 6.07) is 24.2. The van der Waals surface area contributed by atoms with Crippen LogP contribution >= 0.6 is 0 Å². The van der Waals surface area contributed by atoms with Crippen molar-refractivity contribution >= 4 is 17.5 Å². The van der Waals surface area contributed by atoms with E-state index in [1.807, 2.05) is 68.4 Å². The summed E-state index contributed by atoms with van der Waals surface area (Å²) in [7, 11) is 0. The molecule has 160 valence electrons. The van der Waals surface area contributed by atoms with Crippen LogP contribution in [-0.2, 0) is 11.2 Å². The first kappa shape index (κ1) is 22.1. The van der Waals surface area contributed by atoms with Crippen LogP contribution in [0.2, 0.25) is 0 Å². The zero-order valence-electron chi connectivity index (χ0n) is 18.1. The van der Waals surface area contributed by atoms with Crippen molar-refractivity contribution in [3.05, 3.63) is 95.6 Å². The lowest BCUT2D eigenvalue weighted by atomic mass is 10.1. The molecule has 0 radical (unpaired) electrons. The van der Waals surface area contributed by atoms with E-state index < -0.39 is 6.10 Å². The minimum absolute atomic E-state index is 0.162. The highest BCUT2D eigenvalue weighted by Crippen LogP contribution is 2.21. The van der Waals surface area contributed by atoms with Crippen LogP contribution in [0, 0.1) is 0 Å². The zero-order chi connectivity index (χ0) is 22.2. The van der Waals surface area contributed by atoms with E-state index in [4.69, 9.17) is 4.74 Å². The molecule has 5 heteroatoms. The van der Waals surface area contributed by atoms with Crippen LogP contribution in [0.4, 0.5) is 5.69 Å². The summed E-state index contributed by atoms with van der Waals surface area (Å²) in [6.07, 6.45) is 0.0969. The van der Waals surface area contributed by atoms with Gasteiger partial charge in [-0.05, 0) is 49.6 Å². The highest BCUT2D eigenvalue weighted by Gasteiger charge is 2.20. The third kappa shape index (κ3) is 5.72. The molecule has 2 atom stereocenters. The molecule has 0 bridgehead atoms.